The van der Waals surface area contributed by atoms with E-state index >= 15 is 0 Å². The Bertz CT molecular complexity index is 816. The Morgan fingerprint density at radius 3 is 2.61 bits per heavy atom. The number of rotatable bonds is 8. The minimum absolute atomic E-state index is 0.0946. The number of hydrogen-bond acceptors (Lipinski definition) is 6. The lowest BCUT2D eigenvalue weighted by molar-refractivity contribution is -0.144. The van der Waals surface area contributed by atoms with E-state index in [4.69, 9.17) is 4.74 Å². The van der Waals surface area contributed by atoms with Crippen molar-refractivity contribution in [2.24, 2.45) is 5.41 Å². The first-order chi connectivity index (χ1) is 15.9. The number of carbonyl (C=O) groups is 2. The average Bonchev–Trinajstić information content (AvgIpc) is 3.61. The highest BCUT2D eigenvalue weighted by Gasteiger charge is 2.51. The van der Waals surface area contributed by atoms with Gasteiger partial charge in [-0.2, -0.15) is 0 Å². The zero-order chi connectivity index (χ0) is 23.4. The number of aliphatic hydroxyl groups is 2. The van der Waals surface area contributed by atoms with E-state index in [9.17, 15) is 19.8 Å². The SMILES string of the molecule is C[C@H]1C(=O)N([C@H](CO)CCCN2CCC3(CC3)[C@H](O)C2)CCN1C(=O)OCc1ccccc1. The van der Waals surface area contributed by atoms with Crippen LogP contribution >= 0.6 is 0 Å². The second-order valence-electron chi connectivity index (χ2n) is 9.85. The van der Waals surface area contributed by atoms with Crippen molar-refractivity contribution in [2.75, 3.05) is 39.3 Å². The van der Waals surface area contributed by atoms with Crippen LogP contribution in [0.15, 0.2) is 30.3 Å². The molecular formula is C25H37N3O5. The molecule has 8 nitrogen and oxygen atoms in total. The van der Waals surface area contributed by atoms with Gasteiger partial charge in [-0.3, -0.25) is 9.69 Å². The van der Waals surface area contributed by atoms with Crippen molar-refractivity contribution in [1.29, 1.82) is 0 Å². The fourth-order valence-electron chi connectivity index (χ4n) is 5.23. The molecule has 3 fully saturated rings. The van der Waals surface area contributed by atoms with Crippen molar-refractivity contribution in [3.05, 3.63) is 35.9 Å². The highest BCUT2D eigenvalue weighted by molar-refractivity contribution is 5.86. The maximum Gasteiger partial charge on any atom is 0.410 e. The number of aliphatic hydroxyl groups excluding tert-OH is 2. The van der Waals surface area contributed by atoms with Crippen molar-refractivity contribution >= 4 is 12.0 Å². The molecule has 2 aliphatic heterocycles. The summed E-state index contributed by atoms with van der Waals surface area (Å²) in [4.78, 5) is 31.1. The van der Waals surface area contributed by atoms with Crippen LogP contribution in [0.25, 0.3) is 0 Å². The Morgan fingerprint density at radius 2 is 1.94 bits per heavy atom. The van der Waals surface area contributed by atoms with Gasteiger partial charge in [0.2, 0.25) is 5.91 Å². The van der Waals surface area contributed by atoms with Crippen LogP contribution in [0.4, 0.5) is 4.79 Å². The van der Waals surface area contributed by atoms with E-state index in [0.29, 0.717) is 19.5 Å². The Hall–Kier alpha value is -2.16. The van der Waals surface area contributed by atoms with Crippen LogP contribution in [0.5, 0.6) is 0 Å². The number of β-amino-alcohol motifs (C(OH)–C–C–N with tert-alkyl or cyclic N) is 1. The molecule has 8 heteroatoms. The predicted molar refractivity (Wildman–Crippen MR) is 123 cm³/mol. The fraction of sp³-hybridized carbons (Fsp3) is 0.680. The van der Waals surface area contributed by atoms with Gasteiger partial charge in [0.25, 0.3) is 0 Å². The summed E-state index contributed by atoms with van der Waals surface area (Å²) in [6.45, 7) is 5.17. The Balaban J connectivity index is 1.23. The molecule has 1 aromatic carbocycles. The lowest BCUT2D eigenvalue weighted by atomic mass is 9.90. The maximum atomic E-state index is 13.0. The molecule has 3 atom stereocenters. The lowest BCUT2D eigenvalue weighted by Crippen LogP contribution is -2.60. The largest absolute Gasteiger partial charge is 0.445 e. The molecule has 1 spiro atoms. The van der Waals surface area contributed by atoms with Crippen LogP contribution in [0.2, 0.25) is 0 Å². The number of ether oxygens (including phenoxy) is 1. The Labute approximate surface area is 196 Å². The van der Waals surface area contributed by atoms with Gasteiger partial charge >= 0.3 is 6.09 Å². The molecule has 3 aliphatic rings. The monoisotopic (exact) mass is 459 g/mol. The third kappa shape index (κ3) is 5.50. The van der Waals surface area contributed by atoms with Crippen molar-refractivity contribution in [3.63, 3.8) is 0 Å². The van der Waals surface area contributed by atoms with Crippen molar-refractivity contribution in [1.82, 2.24) is 14.7 Å². The van der Waals surface area contributed by atoms with E-state index in [0.717, 1.165) is 50.9 Å². The molecule has 1 aromatic rings. The summed E-state index contributed by atoms with van der Waals surface area (Å²) in [5.74, 6) is -0.152. The molecule has 4 rings (SSSR count). The van der Waals surface area contributed by atoms with Crippen LogP contribution in [0, 0.1) is 5.41 Å². The molecule has 2 heterocycles. The van der Waals surface area contributed by atoms with Crippen molar-refractivity contribution in [3.8, 4) is 0 Å². The van der Waals surface area contributed by atoms with E-state index in [-0.39, 0.29) is 36.7 Å². The van der Waals surface area contributed by atoms with Gasteiger partial charge in [0.15, 0.2) is 0 Å². The molecule has 2 amide bonds. The summed E-state index contributed by atoms with van der Waals surface area (Å²) < 4.78 is 5.41. The van der Waals surface area contributed by atoms with Gasteiger partial charge in [0.05, 0.1) is 18.8 Å². The van der Waals surface area contributed by atoms with E-state index in [1.165, 1.54) is 4.90 Å². The standard InChI is InChI=1S/C25H37N3O5/c1-19-23(31)28(15-14-27(19)24(32)33-18-20-6-3-2-4-7-20)21(17-29)8-5-12-26-13-11-25(9-10-25)22(30)16-26/h2-4,6-7,19,21-22,29-30H,5,8-18H2,1H3/t19-,21-,22+/m0/s1. The zero-order valence-electron chi connectivity index (χ0n) is 19.6. The average molecular weight is 460 g/mol. The second kappa shape index (κ2) is 10.4. The molecule has 0 radical (unpaired) electrons. The summed E-state index contributed by atoms with van der Waals surface area (Å²) in [6.07, 6.45) is 4.21. The lowest BCUT2D eigenvalue weighted by Gasteiger charge is -2.42. The summed E-state index contributed by atoms with van der Waals surface area (Å²) >= 11 is 0. The van der Waals surface area contributed by atoms with Crippen LogP contribution < -0.4 is 0 Å². The Morgan fingerprint density at radius 1 is 1.18 bits per heavy atom. The van der Waals surface area contributed by atoms with E-state index < -0.39 is 12.1 Å². The maximum absolute atomic E-state index is 13.0. The number of amides is 2. The number of piperidine rings is 1. The van der Waals surface area contributed by atoms with E-state index in [2.05, 4.69) is 4.90 Å². The van der Waals surface area contributed by atoms with Gasteiger partial charge in [-0.25, -0.2) is 4.79 Å². The number of carbonyl (C=O) groups excluding carboxylic acids is 2. The van der Waals surface area contributed by atoms with E-state index in [1.54, 1.807) is 11.8 Å². The first kappa shape index (κ1) is 24.0. The number of nitrogens with zero attached hydrogens (tertiary/aromatic N) is 3. The van der Waals surface area contributed by atoms with E-state index in [1.807, 2.05) is 30.3 Å². The quantitative estimate of drug-likeness (QED) is 0.616. The zero-order valence-corrected chi connectivity index (χ0v) is 19.6. The topological polar surface area (TPSA) is 93.5 Å². The second-order valence-corrected chi connectivity index (χ2v) is 9.85. The summed E-state index contributed by atoms with van der Waals surface area (Å²) in [5, 5.41) is 20.4. The summed E-state index contributed by atoms with van der Waals surface area (Å²) in [7, 11) is 0. The fourth-order valence-corrected chi connectivity index (χ4v) is 5.23. The molecule has 2 saturated heterocycles. The molecule has 1 aliphatic carbocycles. The number of piperazine rings is 1. The van der Waals surface area contributed by atoms with Gasteiger partial charge in [0, 0.05) is 19.6 Å². The molecule has 0 aromatic heterocycles. The predicted octanol–water partition coefficient (Wildman–Crippen LogP) is 1.84. The third-order valence-corrected chi connectivity index (χ3v) is 7.75. The number of benzene rings is 1. The first-order valence-electron chi connectivity index (χ1n) is 12.2. The molecule has 0 unspecified atom stereocenters. The highest BCUT2D eigenvalue weighted by atomic mass is 16.6. The highest BCUT2D eigenvalue weighted by Crippen LogP contribution is 2.53. The van der Waals surface area contributed by atoms with Crippen LogP contribution in [-0.2, 0) is 16.1 Å². The molecule has 0 bridgehead atoms. The number of likely N-dealkylation sites (tertiary alicyclic amines) is 1. The molecular weight excluding hydrogens is 422 g/mol. The molecule has 1 saturated carbocycles. The first-order valence-corrected chi connectivity index (χ1v) is 12.2. The van der Waals surface area contributed by atoms with Crippen molar-refractivity contribution < 1.29 is 24.5 Å². The molecule has 182 valence electrons. The summed E-state index contributed by atoms with van der Waals surface area (Å²) in [6, 6.07) is 8.58. The Kier molecular flexibility index (Phi) is 7.56. The third-order valence-electron chi connectivity index (χ3n) is 7.75. The normalized spacial score (nSPS) is 25.8. The number of hydrogen-bond donors (Lipinski definition) is 2. The van der Waals surface area contributed by atoms with Crippen LogP contribution in [0.3, 0.4) is 0 Å². The van der Waals surface area contributed by atoms with Crippen LogP contribution in [-0.4, -0.2) is 94.4 Å². The summed E-state index contributed by atoms with van der Waals surface area (Å²) in [5.41, 5.74) is 1.10. The molecule has 33 heavy (non-hydrogen) atoms. The smallest absolute Gasteiger partial charge is 0.410 e. The minimum Gasteiger partial charge on any atom is -0.445 e. The van der Waals surface area contributed by atoms with Gasteiger partial charge in [-0.15, -0.1) is 0 Å². The van der Waals surface area contributed by atoms with Gasteiger partial charge in [-0.1, -0.05) is 30.3 Å². The van der Waals surface area contributed by atoms with Gasteiger partial charge in [-0.05, 0) is 63.1 Å². The van der Waals surface area contributed by atoms with Crippen molar-refractivity contribution in [2.45, 2.75) is 63.8 Å². The molecule has 2 N–H and O–H groups in total. The minimum atomic E-state index is -0.622. The van der Waals surface area contributed by atoms with Gasteiger partial charge < -0.3 is 24.7 Å². The van der Waals surface area contributed by atoms with Crippen LogP contribution in [0.1, 0.15) is 44.6 Å². The van der Waals surface area contributed by atoms with Gasteiger partial charge in [0.1, 0.15) is 12.6 Å².